The van der Waals surface area contributed by atoms with Crippen LogP contribution in [0.5, 0.6) is 0 Å². The first-order valence-electron chi connectivity index (χ1n) is 26.7. The number of nitrogens with one attached hydrogen (secondary N) is 2. The molecule has 2 fully saturated rings. The van der Waals surface area contributed by atoms with Crippen LogP contribution in [0.15, 0.2) is 110 Å². The summed E-state index contributed by atoms with van der Waals surface area (Å²) in [7, 11) is 3.60. The van der Waals surface area contributed by atoms with Gasteiger partial charge in [0.15, 0.2) is 17.7 Å². The molecule has 12 rings (SSSR count). The van der Waals surface area contributed by atoms with Gasteiger partial charge in [-0.05, 0) is 142 Å². The number of aliphatic hydroxyl groups excluding tert-OH is 1. The molecular weight excluding hydrogens is 1050 g/mol. The number of aromatic nitrogens is 8. The van der Waals surface area contributed by atoms with E-state index in [1.54, 1.807) is 75.9 Å². The number of carbonyl (C=O) groups is 2. The van der Waals surface area contributed by atoms with E-state index in [1.165, 1.54) is 42.6 Å². The van der Waals surface area contributed by atoms with E-state index in [-0.39, 0.29) is 67.9 Å². The number of carbonyl (C=O) groups excluding carboxylic acids is 2. The van der Waals surface area contributed by atoms with Crippen molar-refractivity contribution < 1.29 is 27.9 Å². The van der Waals surface area contributed by atoms with Crippen molar-refractivity contribution in [1.29, 1.82) is 10.5 Å². The first-order valence-corrected chi connectivity index (χ1v) is 26.7. The molecule has 82 heavy (non-hydrogen) atoms. The Hall–Kier alpha value is -9.82. The zero-order valence-electron chi connectivity index (χ0n) is 44.6. The van der Waals surface area contributed by atoms with Gasteiger partial charge in [-0.25, -0.2) is 9.97 Å². The van der Waals surface area contributed by atoms with Crippen molar-refractivity contribution in [2.45, 2.75) is 64.1 Å². The average Bonchev–Trinajstić information content (AvgIpc) is 4.05. The van der Waals surface area contributed by atoms with E-state index in [9.17, 15) is 38.4 Å². The van der Waals surface area contributed by atoms with Gasteiger partial charge in [-0.1, -0.05) is 35.2 Å². The lowest BCUT2D eigenvalue weighted by Gasteiger charge is -2.19. The number of hydrogen-bond donors (Lipinski definition) is 3. The zero-order chi connectivity index (χ0) is 56.9. The van der Waals surface area contributed by atoms with Crippen LogP contribution in [0.1, 0.15) is 79.8 Å². The maximum absolute atomic E-state index is 14.4. The summed E-state index contributed by atoms with van der Waals surface area (Å²) in [6.07, 6.45) is 2.39. The number of likely N-dealkylation sites (tertiary alicyclic amines) is 1. The fourth-order valence-electron chi connectivity index (χ4n) is 11.2. The number of nitrogens with zero attached hydrogens (tertiary/aromatic N) is 14. The lowest BCUT2D eigenvalue weighted by Crippen LogP contribution is -2.25. The molecular formula is C60H52F3N16O3+. The van der Waals surface area contributed by atoms with Gasteiger partial charge in [-0.3, -0.25) is 24.3 Å². The summed E-state index contributed by atoms with van der Waals surface area (Å²) >= 11 is 0. The van der Waals surface area contributed by atoms with Gasteiger partial charge in [-0.15, -0.1) is 20.4 Å². The number of hydrogen-bond acceptors (Lipinski definition) is 14. The van der Waals surface area contributed by atoms with Crippen LogP contribution in [0.3, 0.4) is 0 Å². The number of benzene rings is 4. The predicted molar refractivity (Wildman–Crippen MR) is 299 cm³/mol. The van der Waals surface area contributed by atoms with Crippen molar-refractivity contribution in [3.63, 3.8) is 0 Å². The molecule has 4 aromatic carbocycles. The number of aryl methyl sites for hydroxylation is 2. The van der Waals surface area contributed by atoms with E-state index in [0.717, 1.165) is 36.8 Å². The van der Waals surface area contributed by atoms with Crippen LogP contribution in [0, 0.1) is 34.1 Å². The number of aliphatic hydroxyl groups is 1. The number of amides is 2. The molecule has 1 saturated carbocycles. The largest absolute Gasteiger partial charge is 0.416 e. The SMILES string of the molecule is Cn1cnnc1-c1ccc(C#N)cc1-c1cc(NCC(C#N)[N+]#CCCNc2cc(-c3cc(CO)ccc3-c3nncn3C)cc(N3Cc4c(cccc4C(F)(F)F)C3=O)n2)nc(N2Cc3ccc(CN4CCC5(CC5)C4)cc3C2=O)c1. The Kier molecular flexibility index (Phi) is 13.8. The normalized spacial score (nSPS) is 15.5. The highest BCUT2D eigenvalue weighted by Crippen LogP contribution is 2.53. The average molecular weight is 1100 g/mol. The summed E-state index contributed by atoms with van der Waals surface area (Å²) in [6, 6.07) is 33.6. The second kappa shape index (κ2) is 21.3. The monoisotopic (exact) mass is 1100 g/mol. The molecule has 1 aliphatic carbocycles. The van der Waals surface area contributed by atoms with E-state index < -0.39 is 23.7 Å². The van der Waals surface area contributed by atoms with Gasteiger partial charge in [0, 0.05) is 56.0 Å². The molecule has 1 atom stereocenters. The third kappa shape index (κ3) is 10.3. The molecule has 2 amide bonds. The van der Waals surface area contributed by atoms with Crippen molar-refractivity contribution in [2.75, 3.05) is 46.6 Å². The van der Waals surface area contributed by atoms with Gasteiger partial charge in [-0.2, -0.15) is 23.7 Å². The highest BCUT2D eigenvalue weighted by Gasteiger charge is 2.47. The highest BCUT2D eigenvalue weighted by molar-refractivity contribution is 6.11. The lowest BCUT2D eigenvalue weighted by atomic mass is 9.97. The second-order valence-corrected chi connectivity index (χ2v) is 21.2. The van der Waals surface area contributed by atoms with Gasteiger partial charge in [0.25, 0.3) is 17.9 Å². The van der Waals surface area contributed by atoms with Crippen LogP contribution in [0.25, 0.3) is 49.9 Å². The summed E-state index contributed by atoms with van der Waals surface area (Å²) in [5.41, 5.74) is 6.61. The lowest BCUT2D eigenvalue weighted by molar-refractivity contribution is -0.138. The topological polar surface area (TPSA) is 227 Å². The van der Waals surface area contributed by atoms with Crippen molar-refractivity contribution >= 4 is 35.1 Å². The summed E-state index contributed by atoms with van der Waals surface area (Å²) in [4.78, 5) is 47.8. The van der Waals surface area contributed by atoms with Gasteiger partial charge in [0.1, 0.15) is 42.5 Å². The maximum Gasteiger partial charge on any atom is 0.416 e. The Morgan fingerprint density at radius 1 is 0.732 bits per heavy atom. The second-order valence-electron chi connectivity index (χ2n) is 21.2. The molecule has 0 radical (unpaired) electrons. The number of alkyl halides is 3. The zero-order valence-corrected chi connectivity index (χ0v) is 44.6. The molecule has 0 bridgehead atoms. The minimum atomic E-state index is -4.69. The molecule has 4 aliphatic rings. The van der Waals surface area contributed by atoms with Crippen LogP contribution >= 0.6 is 0 Å². The molecule has 22 heteroatoms. The molecule has 3 N–H and O–H groups in total. The third-order valence-electron chi connectivity index (χ3n) is 15.7. The Bertz CT molecular complexity index is 4030. The minimum Gasteiger partial charge on any atom is -0.392 e. The molecule has 410 valence electrons. The number of halogens is 3. The Morgan fingerprint density at radius 3 is 2.01 bits per heavy atom. The Balaban J connectivity index is 0.803. The predicted octanol–water partition coefficient (Wildman–Crippen LogP) is 9.23. The standard InChI is InChI=1S/C60H52F3N16O3/c1-75-34-69-73-55(75)43-11-8-36(26-64)19-46(43)41-23-52(72-53(24-41)78-30-39-10-7-37(20-48(39)58(78)82)29-77-18-15-59(33-77)13-14-59)68-28-42(27-65)66-16-4-17-67-51-22-40(47-21-38(32-80)9-12-44(47)56-74-70-35-76(56)2)25-54(71-51)79-31-49-45(57(79)81)5-3-6-50(49)60(61,62)63/h3,5-12,19-25,34-35,42,80H,4,13-15,17-18,28-33H2,1-2H3,(H,67,71)(H,68,72)/q+1. The van der Waals surface area contributed by atoms with E-state index >= 15 is 0 Å². The fourth-order valence-corrected chi connectivity index (χ4v) is 11.2. The summed E-state index contributed by atoms with van der Waals surface area (Å²) in [5.74, 6) is 1.26. The summed E-state index contributed by atoms with van der Waals surface area (Å²) in [5, 5.41) is 53.9. The molecule has 3 aliphatic heterocycles. The molecule has 1 unspecified atom stereocenters. The number of rotatable bonds is 15. The van der Waals surface area contributed by atoms with E-state index in [0.29, 0.717) is 78.8 Å². The molecule has 19 nitrogen and oxygen atoms in total. The number of fused-ring (bicyclic) bond motifs is 2. The first kappa shape index (κ1) is 52.9. The van der Waals surface area contributed by atoms with Crippen LogP contribution in [0.2, 0.25) is 0 Å². The van der Waals surface area contributed by atoms with Crippen molar-refractivity contribution in [3.05, 3.63) is 159 Å². The van der Waals surface area contributed by atoms with Crippen LogP contribution in [-0.2, 0) is 46.5 Å². The molecule has 8 aromatic rings. The van der Waals surface area contributed by atoms with Crippen molar-refractivity contribution in [1.82, 2.24) is 44.4 Å². The quantitative estimate of drug-likeness (QED) is 0.0814. The van der Waals surface area contributed by atoms with Crippen LogP contribution in [0.4, 0.5) is 36.4 Å². The van der Waals surface area contributed by atoms with E-state index in [1.807, 2.05) is 31.3 Å². The third-order valence-corrected chi connectivity index (χ3v) is 15.7. The van der Waals surface area contributed by atoms with Crippen molar-refractivity contribution in [2.24, 2.45) is 19.5 Å². The van der Waals surface area contributed by atoms with Crippen LogP contribution < -0.4 is 20.4 Å². The summed E-state index contributed by atoms with van der Waals surface area (Å²) in [6.45, 7) is 2.71. The van der Waals surface area contributed by atoms with E-state index in [2.05, 4.69) is 65.0 Å². The molecule has 7 heterocycles. The van der Waals surface area contributed by atoms with Gasteiger partial charge < -0.3 is 24.9 Å². The van der Waals surface area contributed by atoms with E-state index in [4.69, 9.17) is 9.97 Å². The highest BCUT2D eigenvalue weighted by atomic mass is 19.4. The van der Waals surface area contributed by atoms with Crippen LogP contribution in [-0.4, -0.2) is 93.5 Å². The molecule has 4 aromatic heterocycles. The van der Waals surface area contributed by atoms with Crippen molar-refractivity contribution in [3.8, 4) is 63.2 Å². The number of nitriles is 2. The number of anilines is 4. The first-order chi connectivity index (χ1) is 39.7. The van der Waals surface area contributed by atoms with Gasteiger partial charge >= 0.3 is 12.2 Å². The van der Waals surface area contributed by atoms with Gasteiger partial charge in [0.2, 0.25) is 0 Å². The molecule has 1 spiro atoms. The fraction of sp³-hybridized carbons (Fsp3) is 0.283. The molecule has 1 saturated heterocycles. The van der Waals surface area contributed by atoms with Gasteiger partial charge in [0.05, 0.1) is 43.3 Å². The number of pyridine rings is 2. The maximum atomic E-state index is 14.4. The summed E-state index contributed by atoms with van der Waals surface area (Å²) < 4.78 is 46.1. The Morgan fingerprint density at radius 2 is 1.38 bits per heavy atom. The minimum absolute atomic E-state index is 0.00740. The smallest absolute Gasteiger partial charge is 0.392 e. The Labute approximate surface area is 468 Å².